The maximum absolute atomic E-state index is 2.54. The molecular weight excluding hydrogens is 556 g/mol. The molecule has 2 heteroatoms. The lowest BCUT2D eigenvalue weighted by Gasteiger charge is -2.46. The Kier molecular flexibility index (Phi) is 7.16. The first kappa shape index (κ1) is 27.7. The maximum atomic E-state index is 2.54. The van der Waals surface area contributed by atoms with E-state index in [-0.39, 0.29) is 0 Å². The summed E-state index contributed by atoms with van der Waals surface area (Å²) in [5.74, 6) is 0. The molecule has 8 rings (SSSR count). The quantitative estimate of drug-likeness (QED) is 0.182. The van der Waals surface area contributed by atoms with Gasteiger partial charge in [0.25, 0.3) is 0 Å². The molecule has 0 aliphatic heterocycles. The van der Waals surface area contributed by atoms with Gasteiger partial charge in [0.05, 0.1) is 16.9 Å². The number of hydrogen-bond acceptors (Lipinski definition) is 2. The van der Waals surface area contributed by atoms with Gasteiger partial charge in [-0.15, -0.1) is 0 Å². The van der Waals surface area contributed by atoms with Gasteiger partial charge in [-0.3, -0.25) is 0 Å². The fraction of sp³-hybridized carbons (Fsp3) is 0.0455. The zero-order chi connectivity index (χ0) is 30.8. The van der Waals surface area contributed by atoms with Crippen LogP contribution in [0.2, 0.25) is 0 Å². The third-order valence-corrected chi connectivity index (χ3v) is 9.13. The van der Waals surface area contributed by atoms with Crippen molar-refractivity contribution in [1.82, 2.24) is 0 Å². The molecule has 0 amide bonds. The van der Waals surface area contributed by atoms with E-state index in [1.165, 1.54) is 38.5 Å². The molecule has 7 aromatic carbocycles. The molecule has 46 heavy (non-hydrogen) atoms. The van der Waals surface area contributed by atoms with E-state index < -0.39 is 5.54 Å². The Bertz CT molecular complexity index is 2170. The van der Waals surface area contributed by atoms with E-state index in [0.29, 0.717) is 0 Å². The van der Waals surface area contributed by atoms with Crippen LogP contribution in [0.3, 0.4) is 0 Å². The van der Waals surface area contributed by atoms with Crippen LogP contribution in [-0.4, -0.2) is 0 Å². The van der Waals surface area contributed by atoms with Crippen molar-refractivity contribution in [2.45, 2.75) is 12.0 Å². The van der Waals surface area contributed by atoms with E-state index in [0.717, 1.165) is 23.5 Å². The summed E-state index contributed by atoms with van der Waals surface area (Å²) in [5, 5.41) is 4.91. The zero-order valence-electron chi connectivity index (χ0n) is 25.6. The number of rotatable bonds is 7. The summed E-state index contributed by atoms with van der Waals surface area (Å²) in [6.07, 6.45) is 7.94. The summed E-state index contributed by atoms with van der Waals surface area (Å²) >= 11 is 0. The van der Waals surface area contributed by atoms with Gasteiger partial charge in [-0.05, 0) is 65.2 Å². The average molecular weight is 591 g/mol. The molecule has 0 radical (unpaired) electrons. The molecule has 1 aliphatic carbocycles. The summed E-state index contributed by atoms with van der Waals surface area (Å²) in [7, 11) is 0. The number of benzene rings is 7. The minimum atomic E-state index is -0.475. The van der Waals surface area contributed by atoms with Crippen LogP contribution in [0.4, 0.5) is 22.7 Å². The molecule has 0 fully saturated rings. The van der Waals surface area contributed by atoms with Crippen molar-refractivity contribution in [3.8, 4) is 0 Å². The summed E-state index contributed by atoms with van der Waals surface area (Å²) < 4.78 is 0. The van der Waals surface area contributed by atoms with Gasteiger partial charge in [0.1, 0.15) is 0 Å². The van der Waals surface area contributed by atoms with Crippen molar-refractivity contribution in [2.75, 3.05) is 9.80 Å². The zero-order valence-corrected chi connectivity index (χ0v) is 25.6. The Morgan fingerprint density at radius 2 is 0.935 bits per heavy atom. The molecule has 1 atom stereocenters. The third-order valence-electron chi connectivity index (χ3n) is 9.13. The van der Waals surface area contributed by atoms with Crippen molar-refractivity contribution < 1.29 is 0 Å². The maximum Gasteiger partial charge on any atom is 0.0925 e. The fourth-order valence-electron chi connectivity index (χ4n) is 6.99. The second-order valence-corrected chi connectivity index (χ2v) is 11.8. The van der Waals surface area contributed by atoms with Crippen LogP contribution in [0.5, 0.6) is 0 Å². The molecule has 2 nitrogen and oxygen atoms in total. The van der Waals surface area contributed by atoms with Crippen molar-refractivity contribution in [1.29, 1.82) is 0 Å². The Hall–Kier alpha value is -5.86. The van der Waals surface area contributed by atoms with Crippen LogP contribution in [-0.2, 0) is 5.54 Å². The third kappa shape index (κ3) is 4.85. The number of para-hydroxylation sites is 2. The minimum absolute atomic E-state index is 0.475. The summed E-state index contributed by atoms with van der Waals surface area (Å²) in [6.45, 7) is 0. The number of allylic oxidation sites excluding steroid dienone is 1. The lowest BCUT2D eigenvalue weighted by Crippen LogP contribution is -2.43. The molecule has 1 aliphatic rings. The predicted molar refractivity (Wildman–Crippen MR) is 195 cm³/mol. The molecule has 0 heterocycles. The highest BCUT2D eigenvalue weighted by Gasteiger charge is 2.39. The number of anilines is 4. The average Bonchev–Trinajstić information content (AvgIpc) is 3.14. The van der Waals surface area contributed by atoms with E-state index >= 15 is 0 Å². The highest BCUT2D eigenvalue weighted by atomic mass is 15.2. The Morgan fingerprint density at radius 1 is 0.435 bits per heavy atom. The molecule has 0 N–H and O–H groups in total. The van der Waals surface area contributed by atoms with E-state index in [4.69, 9.17) is 0 Å². The van der Waals surface area contributed by atoms with E-state index in [9.17, 15) is 0 Å². The molecule has 7 aromatic rings. The molecule has 0 aromatic heterocycles. The van der Waals surface area contributed by atoms with Crippen molar-refractivity contribution >= 4 is 44.3 Å². The van der Waals surface area contributed by atoms with Gasteiger partial charge in [0.2, 0.25) is 0 Å². The van der Waals surface area contributed by atoms with E-state index in [1.807, 2.05) is 0 Å². The van der Waals surface area contributed by atoms with E-state index in [1.54, 1.807) is 0 Å². The highest BCUT2D eigenvalue weighted by Crippen LogP contribution is 2.48. The van der Waals surface area contributed by atoms with Crippen LogP contribution in [0.25, 0.3) is 21.5 Å². The topological polar surface area (TPSA) is 6.48 Å². The lowest BCUT2D eigenvalue weighted by atomic mass is 9.80. The molecule has 0 bridgehead atoms. The van der Waals surface area contributed by atoms with Crippen LogP contribution in [0, 0.1) is 0 Å². The monoisotopic (exact) mass is 590 g/mol. The van der Waals surface area contributed by atoms with Gasteiger partial charge in [-0.25, -0.2) is 0 Å². The van der Waals surface area contributed by atoms with Crippen LogP contribution >= 0.6 is 0 Å². The van der Waals surface area contributed by atoms with Gasteiger partial charge in [0, 0.05) is 27.8 Å². The van der Waals surface area contributed by atoms with Crippen LogP contribution in [0.15, 0.2) is 200 Å². The Labute approximate surface area is 270 Å². The molecular formula is C44H34N2. The molecule has 0 saturated carbocycles. The Balaban J connectivity index is 1.33. The SMILES string of the molecule is C1=CC(c2ccccc2)(N(c2ccccc2)c2cccc3ccccc23)CC=C1N(c1ccccc1)c1cccc2ccccc12. The predicted octanol–water partition coefficient (Wildman–Crippen LogP) is 11.7. The Morgan fingerprint density at radius 3 is 1.54 bits per heavy atom. The van der Waals surface area contributed by atoms with Crippen molar-refractivity contribution in [3.63, 3.8) is 0 Å². The summed E-state index contributed by atoms with van der Waals surface area (Å²) in [4.78, 5) is 4.94. The largest absolute Gasteiger partial charge is 0.327 e. The van der Waals surface area contributed by atoms with Crippen LogP contribution in [0.1, 0.15) is 12.0 Å². The second-order valence-electron chi connectivity index (χ2n) is 11.8. The summed E-state index contributed by atoms with van der Waals surface area (Å²) in [6, 6.07) is 63.1. The molecule has 220 valence electrons. The second kappa shape index (κ2) is 11.9. The molecule has 1 unspecified atom stereocenters. The first-order chi connectivity index (χ1) is 22.8. The molecule has 0 saturated heterocycles. The van der Waals surface area contributed by atoms with E-state index in [2.05, 4.69) is 204 Å². The number of nitrogens with zero attached hydrogens (tertiary/aromatic N) is 2. The molecule has 0 spiro atoms. The van der Waals surface area contributed by atoms with Crippen molar-refractivity contribution in [2.24, 2.45) is 0 Å². The first-order valence-electron chi connectivity index (χ1n) is 15.9. The normalized spacial score (nSPS) is 15.9. The first-order valence-corrected chi connectivity index (χ1v) is 15.9. The van der Waals surface area contributed by atoms with Gasteiger partial charge in [0.15, 0.2) is 0 Å². The van der Waals surface area contributed by atoms with Gasteiger partial charge in [-0.2, -0.15) is 0 Å². The minimum Gasteiger partial charge on any atom is -0.327 e. The fourth-order valence-corrected chi connectivity index (χ4v) is 6.99. The summed E-state index contributed by atoms with van der Waals surface area (Å²) in [5.41, 5.74) is 6.56. The lowest BCUT2D eigenvalue weighted by molar-refractivity contribution is 0.545. The number of hydrogen-bond donors (Lipinski definition) is 0. The van der Waals surface area contributed by atoms with Crippen LogP contribution < -0.4 is 9.80 Å². The highest BCUT2D eigenvalue weighted by molar-refractivity contribution is 5.98. The van der Waals surface area contributed by atoms with Gasteiger partial charge in [-0.1, -0.05) is 152 Å². The smallest absolute Gasteiger partial charge is 0.0925 e. The van der Waals surface area contributed by atoms with Gasteiger partial charge < -0.3 is 9.80 Å². The van der Waals surface area contributed by atoms with Gasteiger partial charge >= 0.3 is 0 Å². The number of fused-ring (bicyclic) bond motifs is 2. The van der Waals surface area contributed by atoms with Crippen molar-refractivity contribution in [3.05, 3.63) is 205 Å². The standard InChI is InChI=1S/C44H34N2/c1-4-20-36(21-5-1)44(46(39-24-8-3-9-25-39)43-29-15-19-35-17-11-13-27-41(35)43)32-30-38(31-33-44)45(37-22-6-2-7-23-37)42-28-14-18-34-16-10-12-26-40(34)42/h1-32H,33H2.